The number of fused-ring (bicyclic) bond motifs is 3. The van der Waals surface area contributed by atoms with E-state index in [0.29, 0.717) is 43.5 Å². The molecule has 1 N–H and O–H groups in total. The molecule has 10 nitrogen and oxygen atoms in total. The third kappa shape index (κ3) is 5.33. The lowest BCUT2D eigenvalue weighted by Crippen LogP contribution is -2.58. The molecule has 11 heteroatoms. The van der Waals surface area contributed by atoms with E-state index in [1.807, 2.05) is 15.5 Å². The number of aromatic nitrogens is 4. The Morgan fingerprint density at radius 2 is 1.75 bits per heavy atom. The van der Waals surface area contributed by atoms with Crippen molar-refractivity contribution in [3.8, 4) is 11.3 Å². The van der Waals surface area contributed by atoms with Crippen LogP contribution in [0.4, 0.5) is 21.6 Å². The van der Waals surface area contributed by atoms with Crippen LogP contribution in [0.3, 0.4) is 0 Å². The van der Waals surface area contributed by atoms with Crippen molar-refractivity contribution in [3.05, 3.63) is 60.4 Å². The second-order valence-electron chi connectivity index (χ2n) is 16.2. The lowest BCUT2D eigenvalue weighted by atomic mass is 9.73. The second-order valence-corrected chi connectivity index (χ2v) is 16.2. The third-order valence-corrected chi connectivity index (χ3v) is 12.6. The maximum Gasteiger partial charge on any atom is 0.238 e. The van der Waals surface area contributed by atoms with Crippen LogP contribution < -0.4 is 10.2 Å². The zero-order valence-electron chi connectivity index (χ0n) is 29.9. The van der Waals surface area contributed by atoms with Gasteiger partial charge in [0.05, 0.1) is 34.8 Å². The van der Waals surface area contributed by atoms with Crippen molar-refractivity contribution < 1.29 is 14.0 Å². The number of imidazole rings is 1. The number of nitrogens with zero attached hydrogens (tertiary/aromatic N) is 7. The number of anilines is 3. The van der Waals surface area contributed by atoms with Gasteiger partial charge in [0.15, 0.2) is 11.6 Å². The monoisotopic (exact) mass is 690 g/mol. The molecule has 6 heterocycles. The van der Waals surface area contributed by atoms with Crippen LogP contribution in [0.25, 0.3) is 22.3 Å². The largest absolute Gasteiger partial charge is 0.342 e. The Hall–Kier alpha value is -4.38. The fraction of sp³-hybridized carbons (Fsp3) is 0.525. The molecule has 0 radical (unpaired) electrons. The molecule has 0 bridgehead atoms. The minimum absolute atomic E-state index is 0.117. The molecular weight excluding hydrogens is 643 g/mol. The summed E-state index contributed by atoms with van der Waals surface area (Å²) in [4.78, 5) is 48.7. The lowest BCUT2D eigenvalue weighted by Gasteiger charge is -2.48. The van der Waals surface area contributed by atoms with Crippen molar-refractivity contribution in [3.63, 3.8) is 0 Å². The SMILES string of the molecule is CC(C)n1cnc2cc(-c3ccc4c(c3)N([C@H]3C[C@@H](N5CCCCC5)C3)C(=O)C43CCN(C(=O)C4(C)CC4)CC3)nc(Nc3ccncc3F)c21. The molecule has 266 valence electrons. The minimum atomic E-state index is -0.635. The van der Waals surface area contributed by atoms with Gasteiger partial charge in [-0.05, 0) is 102 Å². The highest BCUT2D eigenvalue weighted by molar-refractivity contribution is 6.09. The smallest absolute Gasteiger partial charge is 0.238 e. The molecule has 0 unspecified atom stereocenters. The van der Waals surface area contributed by atoms with Gasteiger partial charge >= 0.3 is 0 Å². The summed E-state index contributed by atoms with van der Waals surface area (Å²) in [5.41, 5.74) is 4.60. The molecule has 3 aliphatic heterocycles. The van der Waals surface area contributed by atoms with Crippen molar-refractivity contribution in [1.29, 1.82) is 0 Å². The Bertz CT molecular complexity index is 2020. The van der Waals surface area contributed by atoms with E-state index in [1.165, 1.54) is 25.5 Å². The van der Waals surface area contributed by atoms with Crippen LogP contribution in [-0.4, -0.2) is 79.4 Å². The van der Waals surface area contributed by atoms with Crippen molar-refractivity contribution in [2.24, 2.45) is 5.41 Å². The van der Waals surface area contributed by atoms with Crippen molar-refractivity contribution in [1.82, 2.24) is 29.3 Å². The van der Waals surface area contributed by atoms with Gasteiger partial charge in [0.25, 0.3) is 0 Å². The van der Waals surface area contributed by atoms with E-state index < -0.39 is 11.2 Å². The zero-order valence-corrected chi connectivity index (χ0v) is 29.9. The highest BCUT2D eigenvalue weighted by atomic mass is 19.1. The van der Waals surface area contributed by atoms with Gasteiger partial charge in [-0.15, -0.1) is 0 Å². The van der Waals surface area contributed by atoms with Gasteiger partial charge in [0, 0.05) is 54.1 Å². The summed E-state index contributed by atoms with van der Waals surface area (Å²) >= 11 is 0. The highest BCUT2D eigenvalue weighted by Crippen LogP contribution is 2.53. The number of piperidine rings is 2. The van der Waals surface area contributed by atoms with Crippen LogP contribution in [0, 0.1) is 11.2 Å². The number of benzene rings is 1. The molecule has 4 aromatic rings. The van der Waals surface area contributed by atoms with Gasteiger partial charge < -0.3 is 24.6 Å². The lowest BCUT2D eigenvalue weighted by molar-refractivity contribution is -0.140. The van der Waals surface area contributed by atoms with Gasteiger partial charge in [-0.2, -0.15) is 0 Å². The average Bonchev–Trinajstić information content (AvgIpc) is 3.65. The Morgan fingerprint density at radius 3 is 2.45 bits per heavy atom. The van der Waals surface area contributed by atoms with Crippen molar-refractivity contribution >= 4 is 40.0 Å². The number of carbonyl (C=O) groups excluding carboxylic acids is 2. The van der Waals surface area contributed by atoms with Crippen LogP contribution >= 0.6 is 0 Å². The first-order chi connectivity index (χ1) is 24.6. The standard InChI is InChI=1S/C40H47FN8O2/c1-25(2)48-24-43-33-22-32(45-36(35(33)48)44-31-9-14-42-23-30(31)41)26-7-8-29-34(19-26)49(28-20-27(21-28)46-15-5-4-6-16-46)38(51)40(29)12-17-47(18-13-40)37(50)39(3)10-11-39/h7-9,14,19,22-25,27-28H,4-6,10-13,15-18,20-21H2,1-3H3,(H,42,44,45)/t27-,28+. The van der Waals surface area contributed by atoms with Crippen molar-refractivity contribution in [2.45, 2.75) is 102 Å². The summed E-state index contributed by atoms with van der Waals surface area (Å²) in [6.07, 6.45) is 13.5. The van der Waals surface area contributed by atoms with Crippen LogP contribution in [0.15, 0.2) is 49.1 Å². The molecule has 9 rings (SSSR count). The highest BCUT2D eigenvalue weighted by Gasteiger charge is 2.57. The summed E-state index contributed by atoms with van der Waals surface area (Å²) < 4.78 is 16.9. The van der Waals surface area contributed by atoms with Gasteiger partial charge in [0.1, 0.15) is 5.52 Å². The quantitative estimate of drug-likeness (QED) is 0.223. The Balaban J connectivity index is 1.09. The maximum absolute atomic E-state index is 14.9. The van der Waals surface area contributed by atoms with Crippen LogP contribution in [0.5, 0.6) is 0 Å². The Morgan fingerprint density at radius 1 is 0.980 bits per heavy atom. The van der Waals surface area contributed by atoms with E-state index >= 15 is 0 Å². The number of amides is 2. The summed E-state index contributed by atoms with van der Waals surface area (Å²) in [5.74, 6) is 0.480. The maximum atomic E-state index is 14.9. The minimum Gasteiger partial charge on any atom is -0.342 e. The molecule has 5 aliphatic rings. The fourth-order valence-electron chi connectivity index (χ4n) is 9.11. The number of pyridine rings is 2. The number of hydrogen-bond donors (Lipinski definition) is 1. The predicted octanol–water partition coefficient (Wildman–Crippen LogP) is 6.98. The second kappa shape index (κ2) is 12.1. The van der Waals surface area contributed by atoms with Gasteiger partial charge in [-0.1, -0.05) is 25.5 Å². The normalized spacial score (nSPS) is 23.9. The molecule has 3 aromatic heterocycles. The Labute approximate surface area is 298 Å². The van der Waals surface area contributed by atoms with E-state index in [2.05, 4.69) is 59.1 Å². The number of hydrogen-bond acceptors (Lipinski definition) is 7. The van der Waals surface area contributed by atoms with Gasteiger partial charge in [0.2, 0.25) is 11.8 Å². The summed E-state index contributed by atoms with van der Waals surface area (Å²) in [7, 11) is 0. The van der Waals surface area contributed by atoms with E-state index in [-0.39, 0.29) is 35.0 Å². The van der Waals surface area contributed by atoms with Crippen LogP contribution in [0.2, 0.25) is 0 Å². The molecular formula is C40H47FN8O2. The van der Waals surface area contributed by atoms with Gasteiger partial charge in [-0.25, -0.2) is 14.4 Å². The third-order valence-electron chi connectivity index (χ3n) is 12.6. The molecule has 51 heavy (non-hydrogen) atoms. The van der Waals surface area contributed by atoms with Gasteiger partial charge in [-0.3, -0.25) is 14.6 Å². The molecule has 2 saturated heterocycles. The van der Waals surface area contributed by atoms with E-state index in [4.69, 9.17) is 9.97 Å². The molecule has 2 aliphatic carbocycles. The molecule has 0 atom stereocenters. The first-order valence-corrected chi connectivity index (χ1v) is 18.9. The first-order valence-electron chi connectivity index (χ1n) is 18.9. The average molecular weight is 691 g/mol. The first kappa shape index (κ1) is 32.5. The fourth-order valence-corrected chi connectivity index (χ4v) is 9.11. The molecule has 1 spiro atoms. The van der Waals surface area contributed by atoms with Crippen molar-refractivity contribution in [2.75, 3.05) is 36.4 Å². The van der Waals surface area contributed by atoms with Crippen LogP contribution in [0.1, 0.15) is 90.2 Å². The molecule has 2 saturated carbocycles. The number of rotatable bonds is 7. The zero-order chi connectivity index (χ0) is 35.1. The summed E-state index contributed by atoms with van der Waals surface area (Å²) in [6.45, 7) is 9.74. The predicted molar refractivity (Wildman–Crippen MR) is 195 cm³/mol. The number of halogens is 1. The molecule has 1 aromatic carbocycles. The molecule has 2 amide bonds. The van der Waals surface area contributed by atoms with E-state index in [1.54, 1.807) is 18.6 Å². The molecule has 4 fully saturated rings. The Kier molecular flexibility index (Phi) is 7.72. The van der Waals surface area contributed by atoms with Crippen LogP contribution in [-0.2, 0) is 15.0 Å². The number of nitrogens with one attached hydrogen (secondary N) is 1. The summed E-state index contributed by atoms with van der Waals surface area (Å²) in [6, 6.07) is 10.7. The number of likely N-dealkylation sites (tertiary alicyclic amines) is 2. The number of carbonyl (C=O) groups is 2. The van der Waals surface area contributed by atoms with E-state index in [9.17, 15) is 14.0 Å². The van der Waals surface area contributed by atoms with E-state index in [0.717, 1.165) is 66.6 Å². The summed E-state index contributed by atoms with van der Waals surface area (Å²) in [5, 5.41) is 3.23. The topological polar surface area (TPSA) is 99.5 Å².